The van der Waals surface area contributed by atoms with Gasteiger partial charge in [-0.3, -0.25) is 4.79 Å². The van der Waals surface area contributed by atoms with Gasteiger partial charge in [-0.25, -0.2) is 0 Å². The molecule has 0 amide bonds. The molecule has 128 valence electrons. The summed E-state index contributed by atoms with van der Waals surface area (Å²) in [6.45, 7) is 4.76. The number of carbonyl (C=O) groups is 1. The molecule has 3 heterocycles. The summed E-state index contributed by atoms with van der Waals surface area (Å²) < 4.78 is 0. The third-order valence-corrected chi connectivity index (χ3v) is 7.91. The highest BCUT2D eigenvalue weighted by molar-refractivity contribution is 5.76. The minimum atomic E-state index is -0.607. The number of hydrogen-bond acceptors (Lipinski definition) is 2. The van der Waals surface area contributed by atoms with E-state index in [0.29, 0.717) is 6.04 Å². The molecule has 4 aliphatic rings. The Bertz CT molecular complexity index is 705. The highest BCUT2D eigenvalue weighted by Crippen LogP contribution is 2.61. The monoisotopic (exact) mass is 327 g/mol. The number of benzene rings is 1. The van der Waals surface area contributed by atoms with E-state index in [0.717, 1.165) is 19.3 Å². The van der Waals surface area contributed by atoms with Crippen LogP contribution in [-0.4, -0.2) is 36.2 Å². The van der Waals surface area contributed by atoms with Crippen LogP contribution >= 0.6 is 0 Å². The van der Waals surface area contributed by atoms with Crippen LogP contribution in [0.4, 0.5) is 5.69 Å². The van der Waals surface area contributed by atoms with Gasteiger partial charge in [0.15, 0.2) is 0 Å². The van der Waals surface area contributed by atoms with Crippen molar-refractivity contribution in [3.8, 4) is 0 Å². The fourth-order valence-electron chi connectivity index (χ4n) is 7.18. The Kier molecular flexibility index (Phi) is 2.92. The van der Waals surface area contributed by atoms with Crippen molar-refractivity contribution in [2.75, 3.05) is 18.4 Å². The van der Waals surface area contributed by atoms with Gasteiger partial charge in [-0.1, -0.05) is 25.1 Å². The Morgan fingerprint density at radius 2 is 2.17 bits per heavy atom. The van der Waals surface area contributed by atoms with E-state index >= 15 is 0 Å². The number of quaternary nitrogens is 1. The molecule has 2 saturated heterocycles. The molecular formula is C20H27N2O2+. The molecule has 1 aliphatic carbocycles. The summed E-state index contributed by atoms with van der Waals surface area (Å²) in [5, 5.41) is 13.7. The van der Waals surface area contributed by atoms with E-state index in [2.05, 4.69) is 36.5 Å². The van der Waals surface area contributed by atoms with Gasteiger partial charge in [0.1, 0.15) is 6.04 Å². The smallest absolute Gasteiger partial charge is 0.308 e. The van der Waals surface area contributed by atoms with Crippen molar-refractivity contribution in [2.45, 2.75) is 56.5 Å². The van der Waals surface area contributed by atoms with Gasteiger partial charge in [-0.05, 0) is 37.3 Å². The molecule has 6 unspecified atom stereocenters. The molecule has 1 aromatic rings. The molecule has 1 aromatic carbocycles. The molecule has 3 N–H and O–H groups in total. The lowest BCUT2D eigenvalue weighted by atomic mass is 9.49. The van der Waals surface area contributed by atoms with Crippen LogP contribution in [0.5, 0.6) is 0 Å². The first-order valence-electron chi connectivity index (χ1n) is 9.56. The summed E-state index contributed by atoms with van der Waals surface area (Å²) in [7, 11) is 0. The molecule has 0 radical (unpaired) electrons. The number of carboxylic acids is 1. The number of aliphatic carboxylic acids is 1. The summed E-state index contributed by atoms with van der Waals surface area (Å²) in [6.07, 6.45) is 5.55. The van der Waals surface area contributed by atoms with Crippen LogP contribution in [0.15, 0.2) is 24.3 Å². The fourth-order valence-corrected chi connectivity index (χ4v) is 7.18. The summed E-state index contributed by atoms with van der Waals surface area (Å²) in [6, 6.07) is 9.27. The molecule has 0 aromatic heterocycles. The van der Waals surface area contributed by atoms with Crippen molar-refractivity contribution in [3.05, 3.63) is 29.8 Å². The van der Waals surface area contributed by atoms with Crippen molar-refractivity contribution in [1.29, 1.82) is 0 Å². The predicted molar refractivity (Wildman–Crippen MR) is 92.3 cm³/mol. The molecular weight excluding hydrogens is 300 g/mol. The third kappa shape index (κ3) is 1.56. The zero-order valence-electron chi connectivity index (χ0n) is 14.3. The standard InChI is InChI=1S/C20H26N2O2/c1-2-19-8-5-10-22-11-9-20(18(19)22)14-6-3-4-7-15(14)21-16(20)13(12-19)17(23)24/h3-4,6-7,13,16,18,21H,2,5,8-12H2,1H3,(H,23,24)/p+1. The Morgan fingerprint density at radius 3 is 2.96 bits per heavy atom. The van der Waals surface area contributed by atoms with Gasteiger partial charge < -0.3 is 15.3 Å². The second kappa shape index (κ2) is 4.75. The fraction of sp³-hybridized carbons (Fsp3) is 0.650. The average Bonchev–Trinajstić information content (AvgIpc) is 3.15. The second-order valence-electron chi connectivity index (χ2n) is 8.52. The molecule has 3 fully saturated rings. The van der Waals surface area contributed by atoms with Crippen LogP contribution < -0.4 is 10.2 Å². The van der Waals surface area contributed by atoms with Gasteiger partial charge in [0.05, 0.1) is 30.5 Å². The first-order chi connectivity index (χ1) is 11.6. The van der Waals surface area contributed by atoms with E-state index in [1.54, 1.807) is 4.90 Å². The van der Waals surface area contributed by atoms with Crippen LogP contribution in [0.3, 0.4) is 0 Å². The van der Waals surface area contributed by atoms with E-state index in [9.17, 15) is 9.90 Å². The maximum Gasteiger partial charge on any atom is 0.308 e. The van der Waals surface area contributed by atoms with Crippen molar-refractivity contribution >= 4 is 11.7 Å². The number of piperidine rings is 1. The van der Waals surface area contributed by atoms with Crippen LogP contribution in [0.2, 0.25) is 0 Å². The van der Waals surface area contributed by atoms with Crippen LogP contribution in [0.25, 0.3) is 0 Å². The Balaban J connectivity index is 1.75. The van der Waals surface area contributed by atoms with Gasteiger partial charge in [0.2, 0.25) is 0 Å². The van der Waals surface area contributed by atoms with Crippen molar-refractivity contribution < 1.29 is 14.8 Å². The number of fused-ring (bicyclic) bond motifs is 1. The summed E-state index contributed by atoms with van der Waals surface area (Å²) >= 11 is 0. The Hall–Kier alpha value is -1.55. The largest absolute Gasteiger partial charge is 0.481 e. The van der Waals surface area contributed by atoms with Crippen molar-refractivity contribution in [3.63, 3.8) is 0 Å². The Morgan fingerprint density at radius 1 is 1.33 bits per heavy atom. The lowest BCUT2D eigenvalue weighted by Crippen LogP contribution is -3.18. The highest BCUT2D eigenvalue weighted by Gasteiger charge is 2.72. The van der Waals surface area contributed by atoms with Crippen molar-refractivity contribution in [2.24, 2.45) is 11.3 Å². The first-order valence-corrected chi connectivity index (χ1v) is 9.56. The van der Waals surface area contributed by atoms with Crippen LogP contribution in [-0.2, 0) is 10.2 Å². The molecule has 24 heavy (non-hydrogen) atoms. The maximum atomic E-state index is 12.2. The van der Waals surface area contributed by atoms with E-state index in [1.165, 1.54) is 37.2 Å². The lowest BCUT2D eigenvalue weighted by Gasteiger charge is -2.56. The van der Waals surface area contributed by atoms with Gasteiger partial charge >= 0.3 is 5.97 Å². The number of anilines is 1. The molecule has 5 rings (SSSR count). The minimum absolute atomic E-state index is 0.0175. The van der Waals surface area contributed by atoms with E-state index in [-0.39, 0.29) is 22.8 Å². The molecule has 0 bridgehead atoms. The SMILES string of the molecule is CCC12CCC[NH+]3CCC4(c5ccccc5NC4C(C(=O)O)C1)C32. The summed E-state index contributed by atoms with van der Waals surface area (Å²) in [4.78, 5) is 14.0. The average molecular weight is 327 g/mol. The van der Waals surface area contributed by atoms with Crippen LogP contribution in [0.1, 0.15) is 44.6 Å². The quantitative estimate of drug-likeness (QED) is 0.774. The van der Waals surface area contributed by atoms with Gasteiger partial charge in [-0.2, -0.15) is 0 Å². The molecule has 1 spiro atoms. The second-order valence-corrected chi connectivity index (χ2v) is 8.52. The number of rotatable bonds is 2. The molecule has 1 saturated carbocycles. The van der Waals surface area contributed by atoms with Gasteiger partial charge in [0, 0.05) is 17.5 Å². The Labute approximate surface area is 143 Å². The first kappa shape index (κ1) is 14.8. The molecule has 3 aliphatic heterocycles. The maximum absolute atomic E-state index is 12.2. The summed E-state index contributed by atoms with van der Waals surface area (Å²) in [5.74, 6) is -0.879. The highest BCUT2D eigenvalue weighted by atomic mass is 16.4. The third-order valence-electron chi connectivity index (χ3n) is 7.91. The molecule has 4 nitrogen and oxygen atoms in total. The predicted octanol–water partition coefficient (Wildman–Crippen LogP) is 1.67. The van der Waals surface area contributed by atoms with Crippen LogP contribution in [0, 0.1) is 11.3 Å². The zero-order valence-corrected chi connectivity index (χ0v) is 14.3. The number of para-hydroxylation sites is 1. The van der Waals surface area contributed by atoms with Gasteiger partial charge in [-0.15, -0.1) is 0 Å². The van der Waals surface area contributed by atoms with E-state index < -0.39 is 5.97 Å². The summed E-state index contributed by atoms with van der Waals surface area (Å²) in [5.41, 5.74) is 2.81. The lowest BCUT2D eigenvalue weighted by molar-refractivity contribution is -0.930. The van der Waals surface area contributed by atoms with E-state index in [1.807, 2.05) is 0 Å². The zero-order chi connectivity index (χ0) is 16.5. The normalized spacial score (nSPS) is 45.0. The topological polar surface area (TPSA) is 53.8 Å². The number of hydrogen-bond donors (Lipinski definition) is 3. The van der Waals surface area contributed by atoms with Gasteiger partial charge in [0.25, 0.3) is 0 Å². The molecule has 6 atom stereocenters. The van der Waals surface area contributed by atoms with E-state index in [4.69, 9.17) is 0 Å². The number of carboxylic acid groups (broad SMARTS) is 1. The molecule has 4 heteroatoms. The number of nitrogens with one attached hydrogen (secondary N) is 2. The minimum Gasteiger partial charge on any atom is -0.481 e. The van der Waals surface area contributed by atoms with Crippen molar-refractivity contribution in [1.82, 2.24) is 0 Å².